The van der Waals surface area contributed by atoms with Gasteiger partial charge in [-0.1, -0.05) is 54.7 Å². The first-order valence-corrected chi connectivity index (χ1v) is 9.79. The normalized spacial score (nSPS) is 16.3. The summed E-state index contributed by atoms with van der Waals surface area (Å²) in [5.41, 5.74) is 5.70. The number of nitrogens with one attached hydrogen (secondary N) is 1. The zero-order chi connectivity index (χ0) is 18.9. The monoisotopic (exact) mass is 361 g/mol. The van der Waals surface area contributed by atoms with Crippen molar-refractivity contribution in [1.29, 1.82) is 0 Å². The standard InChI is InChI=1S/C22H27N5/c1-16-7-10-19(11-8-16)27-21(24-25-26-27)22(13-5-4-6-14-22)23-20-12-9-17(2)15-18(20)3/h7-12,15,23H,4-6,13-14H2,1-3H3. The van der Waals surface area contributed by atoms with Crippen molar-refractivity contribution in [2.24, 2.45) is 0 Å². The minimum absolute atomic E-state index is 0.243. The summed E-state index contributed by atoms with van der Waals surface area (Å²) >= 11 is 0. The molecule has 1 aromatic heterocycles. The third kappa shape index (κ3) is 3.46. The van der Waals surface area contributed by atoms with Crippen molar-refractivity contribution >= 4 is 5.69 Å². The van der Waals surface area contributed by atoms with E-state index in [-0.39, 0.29) is 5.54 Å². The van der Waals surface area contributed by atoms with Crippen LogP contribution >= 0.6 is 0 Å². The van der Waals surface area contributed by atoms with E-state index in [4.69, 9.17) is 0 Å². The van der Waals surface area contributed by atoms with Crippen LogP contribution in [0.25, 0.3) is 5.69 Å². The third-order valence-electron chi connectivity index (χ3n) is 5.64. The molecule has 1 heterocycles. The summed E-state index contributed by atoms with van der Waals surface area (Å²) in [7, 11) is 0. The second-order valence-electron chi connectivity index (χ2n) is 7.84. The van der Waals surface area contributed by atoms with E-state index in [2.05, 4.69) is 84.1 Å². The fourth-order valence-corrected chi connectivity index (χ4v) is 4.12. The highest BCUT2D eigenvalue weighted by Crippen LogP contribution is 2.40. The van der Waals surface area contributed by atoms with Gasteiger partial charge in [-0.25, -0.2) is 0 Å². The van der Waals surface area contributed by atoms with E-state index in [1.807, 2.05) is 4.68 Å². The number of anilines is 1. The summed E-state index contributed by atoms with van der Waals surface area (Å²) in [5, 5.41) is 16.7. The Bertz CT molecular complexity index is 920. The van der Waals surface area contributed by atoms with Crippen LogP contribution in [0.3, 0.4) is 0 Å². The molecule has 0 radical (unpaired) electrons. The zero-order valence-electron chi connectivity index (χ0n) is 16.4. The molecule has 0 atom stereocenters. The van der Waals surface area contributed by atoms with Gasteiger partial charge in [0.15, 0.2) is 5.82 Å². The van der Waals surface area contributed by atoms with E-state index in [0.29, 0.717) is 0 Å². The Morgan fingerprint density at radius 3 is 2.30 bits per heavy atom. The topological polar surface area (TPSA) is 55.6 Å². The first-order valence-electron chi connectivity index (χ1n) is 9.79. The zero-order valence-corrected chi connectivity index (χ0v) is 16.4. The van der Waals surface area contributed by atoms with Crippen molar-refractivity contribution in [3.8, 4) is 5.69 Å². The van der Waals surface area contributed by atoms with Crippen LogP contribution in [0.4, 0.5) is 5.69 Å². The average Bonchev–Trinajstić information content (AvgIpc) is 3.16. The van der Waals surface area contributed by atoms with Crippen molar-refractivity contribution in [3.05, 3.63) is 65.0 Å². The van der Waals surface area contributed by atoms with Crippen LogP contribution in [0.15, 0.2) is 42.5 Å². The molecule has 0 spiro atoms. The minimum atomic E-state index is -0.243. The SMILES string of the molecule is Cc1ccc(-n2nnnc2C2(Nc3ccc(C)cc3C)CCCCC2)cc1. The molecule has 27 heavy (non-hydrogen) atoms. The van der Waals surface area contributed by atoms with E-state index in [1.54, 1.807) is 0 Å². The number of aromatic nitrogens is 4. The first-order chi connectivity index (χ1) is 13.1. The van der Waals surface area contributed by atoms with Crippen molar-refractivity contribution < 1.29 is 0 Å². The Morgan fingerprint density at radius 1 is 0.889 bits per heavy atom. The molecule has 1 aliphatic carbocycles. The largest absolute Gasteiger partial charge is 0.372 e. The van der Waals surface area contributed by atoms with Crippen LogP contribution in [-0.2, 0) is 5.54 Å². The van der Waals surface area contributed by atoms with E-state index >= 15 is 0 Å². The Morgan fingerprint density at radius 2 is 1.59 bits per heavy atom. The number of benzene rings is 2. The number of aryl methyl sites for hydroxylation is 3. The molecular formula is C22H27N5. The molecule has 2 aromatic carbocycles. The predicted octanol–water partition coefficient (Wildman–Crippen LogP) is 4.86. The maximum Gasteiger partial charge on any atom is 0.181 e. The van der Waals surface area contributed by atoms with Gasteiger partial charge in [-0.2, -0.15) is 4.68 Å². The molecule has 1 saturated carbocycles. The van der Waals surface area contributed by atoms with Gasteiger partial charge in [-0.05, 0) is 67.8 Å². The lowest BCUT2D eigenvalue weighted by Crippen LogP contribution is -2.40. The van der Waals surface area contributed by atoms with E-state index in [1.165, 1.54) is 41.6 Å². The Hall–Kier alpha value is -2.69. The van der Waals surface area contributed by atoms with Crippen molar-refractivity contribution in [2.45, 2.75) is 58.4 Å². The quantitative estimate of drug-likeness (QED) is 0.721. The second-order valence-corrected chi connectivity index (χ2v) is 7.84. The number of rotatable bonds is 4. The van der Waals surface area contributed by atoms with E-state index in [0.717, 1.165) is 24.4 Å². The van der Waals surface area contributed by atoms with Crippen LogP contribution in [0.5, 0.6) is 0 Å². The molecule has 5 heteroatoms. The van der Waals surface area contributed by atoms with E-state index in [9.17, 15) is 0 Å². The van der Waals surface area contributed by atoms with E-state index < -0.39 is 0 Å². The van der Waals surface area contributed by atoms with Gasteiger partial charge in [0.2, 0.25) is 0 Å². The molecule has 5 nitrogen and oxygen atoms in total. The second kappa shape index (κ2) is 7.14. The van der Waals surface area contributed by atoms with Crippen molar-refractivity contribution in [3.63, 3.8) is 0 Å². The van der Waals surface area contributed by atoms with Gasteiger partial charge in [0, 0.05) is 5.69 Å². The number of hydrogen-bond acceptors (Lipinski definition) is 4. The summed E-state index contributed by atoms with van der Waals surface area (Å²) in [5.74, 6) is 0.908. The van der Waals surface area contributed by atoms with Gasteiger partial charge in [-0.3, -0.25) is 0 Å². The van der Waals surface area contributed by atoms with Crippen LogP contribution in [-0.4, -0.2) is 20.2 Å². The molecule has 0 amide bonds. The summed E-state index contributed by atoms with van der Waals surface area (Å²) in [6, 6.07) is 14.9. The fourth-order valence-electron chi connectivity index (χ4n) is 4.12. The first kappa shape index (κ1) is 17.7. The highest BCUT2D eigenvalue weighted by molar-refractivity contribution is 5.54. The molecule has 0 aliphatic heterocycles. The molecule has 140 valence electrons. The molecule has 0 bridgehead atoms. The summed E-state index contributed by atoms with van der Waals surface area (Å²) < 4.78 is 1.90. The summed E-state index contributed by atoms with van der Waals surface area (Å²) in [6.45, 7) is 6.38. The van der Waals surface area contributed by atoms with Gasteiger partial charge in [-0.15, -0.1) is 5.10 Å². The van der Waals surface area contributed by atoms with Crippen molar-refractivity contribution in [1.82, 2.24) is 20.2 Å². The highest BCUT2D eigenvalue weighted by Gasteiger charge is 2.39. The average molecular weight is 361 g/mol. The third-order valence-corrected chi connectivity index (χ3v) is 5.64. The molecule has 4 rings (SSSR count). The lowest BCUT2D eigenvalue weighted by atomic mass is 9.80. The fraction of sp³-hybridized carbons (Fsp3) is 0.409. The highest BCUT2D eigenvalue weighted by atomic mass is 15.6. The molecule has 1 N–H and O–H groups in total. The number of tetrazole rings is 1. The van der Waals surface area contributed by atoms with Gasteiger partial charge in [0.05, 0.1) is 11.2 Å². The molecule has 3 aromatic rings. The lowest BCUT2D eigenvalue weighted by Gasteiger charge is -2.38. The van der Waals surface area contributed by atoms with Gasteiger partial charge < -0.3 is 5.32 Å². The molecule has 1 fully saturated rings. The molecule has 0 unspecified atom stereocenters. The molecular weight excluding hydrogens is 334 g/mol. The summed E-state index contributed by atoms with van der Waals surface area (Å²) in [6.07, 6.45) is 5.69. The minimum Gasteiger partial charge on any atom is -0.372 e. The Kier molecular flexibility index (Phi) is 4.68. The number of nitrogens with zero attached hydrogens (tertiary/aromatic N) is 4. The maximum absolute atomic E-state index is 4.49. The lowest BCUT2D eigenvalue weighted by molar-refractivity contribution is 0.309. The Balaban J connectivity index is 1.77. The Labute approximate surface area is 160 Å². The van der Waals surface area contributed by atoms with Crippen LogP contribution in [0.2, 0.25) is 0 Å². The predicted molar refractivity (Wildman–Crippen MR) is 108 cm³/mol. The molecule has 0 saturated heterocycles. The van der Waals surface area contributed by atoms with Crippen LogP contribution in [0, 0.1) is 20.8 Å². The van der Waals surface area contributed by atoms with Gasteiger partial charge >= 0.3 is 0 Å². The van der Waals surface area contributed by atoms with Gasteiger partial charge in [0.1, 0.15) is 0 Å². The smallest absolute Gasteiger partial charge is 0.181 e. The molecule has 1 aliphatic rings. The van der Waals surface area contributed by atoms with Gasteiger partial charge in [0.25, 0.3) is 0 Å². The summed E-state index contributed by atoms with van der Waals surface area (Å²) in [4.78, 5) is 0. The maximum atomic E-state index is 4.49. The van der Waals surface area contributed by atoms with Crippen LogP contribution < -0.4 is 5.32 Å². The number of hydrogen-bond donors (Lipinski definition) is 1. The van der Waals surface area contributed by atoms with Crippen molar-refractivity contribution in [2.75, 3.05) is 5.32 Å². The van der Waals surface area contributed by atoms with Crippen LogP contribution in [0.1, 0.15) is 54.6 Å².